The zero-order valence-corrected chi connectivity index (χ0v) is 19.3. The lowest BCUT2D eigenvalue weighted by molar-refractivity contribution is -0.116. The fourth-order valence-corrected chi connectivity index (χ4v) is 3.79. The minimum absolute atomic E-state index is 0. The van der Waals surface area contributed by atoms with Crippen LogP contribution in [-0.2, 0) is 4.79 Å². The predicted molar refractivity (Wildman–Crippen MR) is 122 cm³/mol. The third-order valence-electron chi connectivity index (χ3n) is 4.05. The lowest BCUT2D eigenvalue weighted by Gasteiger charge is -2.17. The number of thioether (sulfide) groups is 1. The second kappa shape index (κ2) is 12.0. The zero-order valence-electron chi connectivity index (χ0n) is 14.5. The maximum atomic E-state index is 12.0. The summed E-state index contributed by atoms with van der Waals surface area (Å²) in [7, 11) is 1.76. The van der Waals surface area contributed by atoms with Gasteiger partial charge < -0.3 is 16.0 Å². The highest BCUT2D eigenvalue weighted by Gasteiger charge is 2.24. The molecule has 5 nitrogen and oxygen atoms in total. The van der Waals surface area contributed by atoms with Crippen LogP contribution < -0.4 is 16.0 Å². The van der Waals surface area contributed by atoms with Crippen molar-refractivity contribution in [3.8, 4) is 0 Å². The SMILES string of the molecule is CN=C(NCCC(=O)Nc1ccc(Br)cc1)NC1CCC(SC)C1.I. The molecule has 1 amide bonds. The molecule has 140 valence electrons. The molecule has 3 N–H and O–H groups in total. The highest BCUT2D eigenvalue weighted by molar-refractivity contribution is 14.0. The third-order valence-corrected chi connectivity index (χ3v) is 5.68. The van der Waals surface area contributed by atoms with Crippen molar-refractivity contribution in [2.75, 3.05) is 25.2 Å². The Morgan fingerprint density at radius 3 is 2.64 bits per heavy atom. The van der Waals surface area contributed by atoms with Crippen molar-refractivity contribution in [2.24, 2.45) is 4.99 Å². The van der Waals surface area contributed by atoms with Crippen molar-refractivity contribution in [3.63, 3.8) is 0 Å². The van der Waals surface area contributed by atoms with Gasteiger partial charge in [0.25, 0.3) is 0 Å². The maximum Gasteiger partial charge on any atom is 0.226 e. The van der Waals surface area contributed by atoms with Gasteiger partial charge in [0.1, 0.15) is 0 Å². The molecule has 2 rings (SSSR count). The van der Waals surface area contributed by atoms with Gasteiger partial charge in [-0.05, 0) is 49.8 Å². The van der Waals surface area contributed by atoms with Crippen molar-refractivity contribution in [1.29, 1.82) is 0 Å². The van der Waals surface area contributed by atoms with E-state index in [1.54, 1.807) is 7.05 Å². The van der Waals surface area contributed by atoms with E-state index >= 15 is 0 Å². The number of carbonyl (C=O) groups is 1. The Hall–Kier alpha value is -0.480. The van der Waals surface area contributed by atoms with Crippen molar-refractivity contribution in [1.82, 2.24) is 10.6 Å². The van der Waals surface area contributed by atoms with Gasteiger partial charge in [0, 0.05) is 41.5 Å². The topological polar surface area (TPSA) is 65.5 Å². The summed E-state index contributed by atoms with van der Waals surface area (Å²) in [5.41, 5.74) is 0.805. The van der Waals surface area contributed by atoms with Crippen LogP contribution in [-0.4, -0.2) is 43.0 Å². The van der Waals surface area contributed by atoms with Crippen LogP contribution in [0.1, 0.15) is 25.7 Å². The molecular weight excluding hydrogens is 515 g/mol. The number of carbonyl (C=O) groups excluding carboxylic acids is 1. The first-order valence-corrected chi connectivity index (χ1v) is 10.2. The lowest BCUT2D eigenvalue weighted by atomic mass is 10.2. The second-order valence-electron chi connectivity index (χ2n) is 5.82. The molecule has 1 saturated carbocycles. The maximum absolute atomic E-state index is 12.0. The van der Waals surface area contributed by atoms with Crippen molar-refractivity contribution >= 4 is 69.2 Å². The number of hydrogen-bond donors (Lipinski definition) is 3. The third kappa shape index (κ3) is 8.17. The number of amides is 1. The summed E-state index contributed by atoms with van der Waals surface area (Å²) in [5.74, 6) is 0.766. The van der Waals surface area contributed by atoms with Crippen LogP contribution in [0.4, 0.5) is 5.69 Å². The molecule has 1 fully saturated rings. The molecule has 8 heteroatoms. The van der Waals surface area contributed by atoms with Crippen LogP contribution in [0.15, 0.2) is 33.7 Å². The van der Waals surface area contributed by atoms with Gasteiger partial charge in [-0.2, -0.15) is 11.8 Å². The summed E-state index contributed by atoms with van der Waals surface area (Å²) in [4.78, 5) is 16.2. The Morgan fingerprint density at radius 1 is 1.32 bits per heavy atom. The lowest BCUT2D eigenvalue weighted by Crippen LogP contribution is -2.43. The number of halogens is 2. The van der Waals surface area contributed by atoms with Gasteiger partial charge in [-0.1, -0.05) is 15.9 Å². The fraction of sp³-hybridized carbons (Fsp3) is 0.529. The molecule has 0 aliphatic heterocycles. The molecule has 1 aliphatic rings. The molecule has 1 aromatic carbocycles. The quantitative estimate of drug-likeness (QED) is 0.291. The van der Waals surface area contributed by atoms with Gasteiger partial charge in [-0.25, -0.2) is 0 Å². The summed E-state index contributed by atoms with van der Waals surface area (Å²) in [6, 6.07) is 8.04. The number of benzene rings is 1. The van der Waals surface area contributed by atoms with Crippen LogP contribution in [0.3, 0.4) is 0 Å². The van der Waals surface area contributed by atoms with E-state index in [0.29, 0.717) is 19.0 Å². The number of guanidine groups is 1. The van der Waals surface area contributed by atoms with Crippen LogP contribution in [0, 0.1) is 0 Å². The monoisotopic (exact) mass is 540 g/mol. The molecule has 0 heterocycles. The highest BCUT2D eigenvalue weighted by Crippen LogP contribution is 2.27. The number of anilines is 1. The summed E-state index contributed by atoms with van der Waals surface area (Å²) in [6.07, 6.45) is 6.17. The first kappa shape index (κ1) is 22.6. The van der Waals surface area contributed by atoms with Crippen LogP contribution in [0.25, 0.3) is 0 Å². The number of nitrogens with zero attached hydrogens (tertiary/aromatic N) is 1. The van der Waals surface area contributed by atoms with E-state index < -0.39 is 0 Å². The van der Waals surface area contributed by atoms with Gasteiger partial charge in [0.15, 0.2) is 5.96 Å². The second-order valence-corrected chi connectivity index (χ2v) is 7.87. The van der Waals surface area contributed by atoms with E-state index in [-0.39, 0.29) is 29.9 Å². The summed E-state index contributed by atoms with van der Waals surface area (Å²) in [6.45, 7) is 0.556. The van der Waals surface area contributed by atoms with Crippen molar-refractivity contribution in [3.05, 3.63) is 28.7 Å². The Balaban J connectivity index is 0.00000312. The summed E-state index contributed by atoms with van der Waals surface area (Å²) >= 11 is 5.32. The number of hydrogen-bond acceptors (Lipinski definition) is 3. The largest absolute Gasteiger partial charge is 0.356 e. The predicted octanol–water partition coefficient (Wildman–Crippen LogP) is 3.84. The molecule has 25 heavy (non-hydrogen) atoms. The molecule has 0 radical (unpaired) electrons. The number of rotatable bonds is 6. The highest BCUT2D eigenvalue weighted by atomic mass is 127. The standard InChI is InChI=1S/C17H25BrN4OS.HI/c1-19-17(22-14-7-8-15(11-14)24-2)20-10-9-16(23)21-13-5-3-12(18)4-6-13;/h3-6,14-15H,7-11H2,1-2H3,(H,21,23)(H2,19,20,22);1H. The fourth-order valence-electron chi connectivity index (χ4n) is 2.72. The summed E-state index contributed by atoms with van der Waals surface area (Å²) < 4.78 is 0.993. The first-order valence-electron chi connectivity index (χ1n) is 8.16. The van der Waals surface area contributed by atoms with E-state index in [4.69, 9.17) is 0 Å². The minimum atomic E-state index is -0.0106. The van der Waals surface area contributed by atoms with E-state index in [2.05, 4.69) is 43.1 Å². The van der Waals surface area contributed by atoms with Crippen molar-refractivity contribution in [2.45, 2.75) is 37.0 Å². The molecule has 1 aliphatic carbocycles. The molecule has 0 bridgehead atoms. The van der Waals surface area contributed by atoms with Crippen LogP contribution in [0.2, 0.25) is 0 Å². The Bertz CT molecular complexity index is 570. The van der Waals surface area contributed by atoms with Gasteiger partial charge >= 0.3 is 0 Å². The minimum Gasteiger partial charge on any atom is -0.356 e. The normalized spacial score (nSPS) is 19.9. The average molecular weight is 541 g/mol. The Morgan fingerprint density at radius 2 is 2.04 bits per heavy atom. The average Bonchev–Trinajstić information content (AvgIpc) is 3.03. The van der Waals surface area contributed by atoms with E-state index in [1.807, 2.05) is 36.0 Å². The van der Waals surface area contributed by atoms with Gasteiger partial charge in [0.2, 0.25) is 5.91 Å². The molecule has 0 aromatic heterocycles. The van der Waals surface area contributed by atoms with Gasteiger partial charge in [-0.3, -0.25) is 9.79 Å². The van der Waals surface area contributed by atoms with Crippen molar-refractivity contribution < 1.29 is 4.79 Å². The van der Waals surface area contributed by atoms with E-state index in [1.165, 1.54) is 19.3 Å². The zero-order chi connectivity index (χ0) is 17.4. The molecule has 1 aromatic rings. The first-order chi connectivity index (χ1) is 11.6. The van der Waals surface area contributed by atoms with Crippen LogP contribution >= 0.6 is 51.7 Å². The molecule has 0 spiro atoms. The van der Waals surface area contributed by atoms with E-state index in [9.17, 15) is 4.79 Å². The van der Waals surface area contributed by atoms with Gasteiger partial charge in [0.05, 0.1) is 0 Å². The van der Waals surface area contributed by atoms with E-state index in [0.717, 1.165) is 21.4 Å². The number of nitrogens with one attached hydrogen (secondary N) is 3. The smallest absolute Gasteiger partial charge is 0.226 e. The molecule has 2 unspecified atom stereocenters. The molecular formula is C17H26BrIN4OS. The molecule has 0 saturated heterocycles. The number of aliphatic imine (C=N–C) groups is 1. The summed E-state index contributed by atoms with van der Waals surface area (Å²) in [5, 5.41) is 10.3. The Labute approximate surface area is 179 Å². The Kier molecular flexibility index (Phi) is 10.8. The van der Waals surface area contributed by atoms with Gasteiger partial charge in [-0.15, -0.1) is 24.0 Å². The van der Waals surface area contributed by atoms with Crippen LogP contribution in [0.5, 0.6) is 0 Å². The molecule has 2 atom stereocenters.